The van der Waals surface area contributed by atoms with Crippen molar-refractivity contribution < 1.29 is 23.8 Å². The van der Waals surface area contributed by atoms with Crippen LogP contribution in [0.25, 0.3) is 0 Å². The molecular formula is C18H22FNO4. The van der Waals surface area contributed by atoms with Crippen LogP contribution in [-0.4, -0.2) is 47.7 Å². The van der Waals surface area contributed by atoms with Crippen molar-refractivity contribution >= 4 is 11.9 Å². The number of halogens is 1. The van der Waals surface area contributed by atoms with Crippen molar-refractivity contribution in [3.8, 4) is 0 Å². The Hall–Kier alpha value is -1.95. The molecule has 6 heteroatoms. The van der Waals surface area contributed by atoms with E-state index in [0.29, 0.717) is 39.0 Å². The summed E-state index contributed by atoms with van der Waals surface area (Å²) in [4.78, 5) is 26.2. The molecule has 2 saturated heterocycles. The quantitative estimate of drug-likeness (QED) is 0.917. The van der Waals surface area contributed by atoms with E-state index in [-0.39, 0.29) is 24.2 Å². The van der Waals surface area contributed by atoms with Crippen molar-refractivity contribution in [2.24, 2.45) is 0 Å². The number of ether oxygens (including phenoxy) is 1. The van der Waals surface area contributed by atoms with E-state index < -0.39 is 11.4 Å². The minimum absolute atomic E-state index is 0.0261. The fourth-order valence-electron chi connectivity index (χ4n) is 3.91. The Kier molecular flexibility index (Phi) is 4.85. The Labute approximate surface area is 140 Å². The third kappa shape index (κ3) is 3.15. The molecule has 0 spiro atoms. The molecule has 2 aliphatic rings. The Morgan fingerprint density at radius 3 is 2.54 bits per heavy atom. The summed E-state index contributed by atoms with van der Waals surface area (Å²) < 4.78 is 18.7. The molecule has 0 aliphatic carbocycles. The van der Waals surface area contributed by atoms with Crippen LogP contribution in [0.3, 0.4) is 0 Å². The molecule has 1 amide bonds. The van der Waals surface area contributed by atoms with Gasteiger partial charge >= 0.3 is 5.97 Å². The van der Waals surface area contributed by atoms with Crippen molar-refractivity contribution in [1.82, 2.24) is 4.90 Å². The van der Waals surface area contributed by atoms with Crippen LogP contribution in [0, 0.1) is 5.82 Å². The molecule has 0 saturated carbocycles. The van der Waals surface area contributed by atoms with Gasteiger partial charge in [0.05, 0.1) is 11.8 Å². The number of hydrogen-bond acceptors (Lipinski definition) is 3. The molecule has 130 valence electrons. The van der Waals surface area contributed by atoms with Gasteiger partial charge in [0.2, 0.25) is 5.91 Å². The molecular weight excluding hydrogens is 313 g/mol. The predicted octanol–water partition coefficient (Wildman–Crippen LogP) is 2.34. The normalized spacial score (nSPS) is 23.2. The van der Waals surface area contributed by atoms with Gasteiger partial charge in [-0.1, -0.05) is 12.1 Å². The van der Waals surface area contributed by atoms with E-state index in [2.05, 4.69) is 0 Å². The number of nitrogens with zero attached hydrogens (tertiary/aromatic N) is 1. The number of hydrogen-bond donors (Lipinski definition) is 1. The molecule has 0 radical (unpaired) electrons. The second-order valence-electron chi connectivity index (χ2n) is 6.59. The number of carbonyl (C=O) groups is 2. The first-order valence-electron chi connectivity index (χ1n) is 8.39. The lowest BCUT2D eigenvalue weighted by atomic mass is 9.72. The van der Waals surface area contributed by atoms with Crippen LogP contribution >= 0.6 is 0 Å². The lowest BCUT2D eigenvalue weighted by molar-refractivity contribution is -0.144. The zero-order valence-corrected chi connectivity index (χ0v) is 13.5. The molecule has 0 aromatic heterocycles. The van der Waals surface area contributed by atoms with Crippen molar-refractivity contribution in [2.75, 3.05) is 19.8 Å². The van der Waals surface area contributed by atoms with Crippen LogP contribution in [0.1, 0.15) is 37.7 Å². The third-order valence-corrected chi connectivity index (χ3v) is 5.20. The lowest BCUT2D eigenvalue weighted by Crippen LogP contribution is -2.51. The number of aliphatic carboxylic acids is 1. The fourth-order valence-corrected chi connectivity index (χ4v) is 3.91. The van der Waals surface area contributed by atoms with E-state index in [1.54, 1.807) is 17.0 Å². The van der Waals surface area contributed by atoms with E-state index in [4.69, 9.17) is 9.84 Å². The summed E-state index contributed by atoms with van der Waals surface area (Å²) in [6.07, 6.45) is 2.58. The van der Waals surface area contributed by atoms with Crippen molar-refractivity contribution in [1.29, 1.82) is 0 Å². The standard InChI is InChI=1S/C18H22FNO4/c19-14-5-3-13(4-6-14)18(7-10-24-11-8-18)17(23)20-9-1-2-15(20)12-16(21)22/h3-6,15H,1-2,7-12H2,(H,21,22). The van der Waals surface area contributed by atoms with Gasteiger partial charge in [0.1, 0.15) is 5.82 Å². The summed E-state index contributed by atoms with van der Waals surface area (Å²) in [5.74, 6) is -1.26. The number of carboxylic acid groups (broad SMARTS) is 1. The van der Waals surface area contributed by atoms with Gasteiger partial charge in [-0.05, 0) is 43.4 Å². The highest BCUT2D eigenvalue weighted by Crippen LogP contribution is 2.39. The SMILES string of the molecule is O=C(O)CC1CCCN1C(=O)C1(c2ccc(F)cc2)CCOCC1. The number of benzene rings is 1. The highest BCUT2D eigenvalue weighted by Gasteiger charge is 2.46. The van der Waals surface area contributed by atoms with Crippen LogP contribution in [0.2, 0.25) is 0 Å². The molecule has 2 heterocycles. The highest BCUT2D eigenvalue weighted by molar-refractivity contribution is 5.89. The van der Waals surface area contributed by atoms with Crippen LogP contribution in [-0.2, 0) is 19.7 Å². The largest absolute Gasteiger partial charge is 0.481 e. The minimum atomic E-state index is -0.887. The van der Waals surface area contributed by atoms with Crippen LogP contribution in [0.4, 0.5) is 4.39 Å². The average molecular weight is 335 g/mol. The van der Waals surface area contributed by atoms with E-state index in [0.717, 1.165) is 12.0 Å². The second kappa shape index (κ2) is 6.89. The molecule has 1 aromatic rings. The molecule has 1 N–H and O–H groups in total. The van der Waals surface area contributed by atoms with E-state index in [9.17, 15) is 14.0 Å². The molecule has 2 aliphatic heterocycles. The Balaban J connectivity index is 1.92. The Morgan fingerprint density at radius 1 is 1.25 bits per heavy atom. The Morgan fingerprint density at radius 2 is 1.92 bits per heavy atom. The summed E-state index contributed by atoms with van der Waals surface area (Å²) in [5, 5.41) is 9.10. The Bertz CT molecular complexity index is 610. The van der Waals surface area contributed by atoms with Crippen molar-refractivity contribution in [3.63, 3.8) is 0 Å². The molecule has 5 nitrogen and oxygen atoms in total. The van der Waals surface area contributed by atoms with Gasteiger partial charge in [0.25, 0.3) is 0 Å². The van der Waals surface area contributed by atoms with Crippen LogP contribution in [0.15, 0.2) is 24.3 Å². The van der Waals surface area contributed by atoms with Crippen molar-refractivity contribution in [2.45, 2.75) is 43.6 Å². The second-order valence-corrected chi connectivity index (χ2v) is 6.59. The molecule has 1 unspecified atom stereocenters. The molecule has 24 heavy (non-hydrogen) atoms. The first-order chi connectivity index (χ1) is 11.5. The van der Waals surface area contributed by atoms with Gasteiger partial charge in [0.15, 0.2) is 0 Å². The monoisotopic (exact) mass is 335 g/mol. The predicted molar refractivity (Wildman–Crippen MR) is 85.1 cm³/mol. The third-order valence-electron chi connectivity index (χ3n) is 5.20. The van der Waals surface area contributed by atoms with E-state index in [1.807, 2.05) is 0 Å². The molecule has 3 rings (SSSR count). The highest BCUT2D eigenvalue weighted by atomic mass is 19.1. The van der Waals surface area contributed by atoms with Gasteiger partial charge in [-0.3, -0.25) is 9.59 Å². The van der Waals surface area contributed by atoms with Crippen LogP contribution in [0.5, 0.6) is 0 Å². The smallest absolute Gasteiger partial charge is 0.305 e. The summed E-state index contributed by atoms with van der Waals surface area (Å²) in [6.45, 7) is 1.53. The minimum Gasteiger partial charge on any atom is -0.481 e. The van der Waals surface area contributed by atoms with Gasteiger partial charge in [-0.15, -0.1) is 0 Å². The maximum Gasteiger partial charge on any atom is 0.305 e. The first-order valence-corrected chi connectivity index (χ1v) is 8.39. The number of carbonyl (C=O) groups excluding carboxylic acids is 1. The number of amides is 1. The summed E-state index contributed by atoms with van der Waals surface area (Å²) in [7, 11) is 0. The van der Waals surface area contributed by atoms with Gasteiger partial charge in [0, 0.05) is 25.8 Å². The van der Waals surface area contributed by atoms with E-state index in [1.165, 1.54) is 12.1 Å². The summed E-state index contributed by atoms with van der Waals surface area (Å²) in [6, 6.07) is 5.83. The maximum atomic E-state index is 13.4. The fraction of sp³-hybridized carbons (Fsp3) is 0.556. The van der Waals surface area contributed by atoms with Gasteiger partial charge < -0.3 is 14.7 Å². The summed E-state index contributed by atoms with van der Waals surface area (Å²) in [5.41, 5.74) is 0.0470. The zero-order valence-electron chi connectivity index (χ0n) is 13.5. The topological polar surface area (TPSA) is 66.8 Å². The molecule has 1 atom stereocenters. The van der Waals surface area contributed by atoms with E-state index >= 15 is 0 Å². The number of carboxylic acids is 1. The number of rotatable bonds is 4. The summed E-state index contributed by atoms with van der Waals surface area (Å²) >= 11 is 0. The molecule has 0 bridgehead atoms. The van der Waals surface area contributed by atoms with Crippen LogP contribution < -0.4 is 0 Å². The first kappa shape index (κ1) is 16.9. The maximum absolute atomic E-state index is 13.4. The average Bonchev–Trinajstić information content (AvgIpc) is 3.02. The number of likely N-dealkylation sites (tertiary alicyclic amines) is 1. The molecule has 2 fully saturated rings. The van der Waals surface area contributed by atoms with Gasteiger partial charge in [-0.2, -0.15) is 0 Å². The lowest BCUT2D eigenvalue weighted by Gasteiger charge is -2.40. The molecule has 1 aromatic carbocycles. The van der Waals surface area contributed by atoms with Gasteiger partial charge in [-0.25, -0.2) is 4.39 Å². The van der Waals surface area contributed by atoms with Crippen molar-refractivity contribution in [3.05, 3.63) is 35.6 Å². The zero-order chi connectivity index (χ0) is 17.2.